The Labute approximate surface area is 122 Å². The molecule has 1 aromatic rings. The maximum Gasteiger partial charge on any atom is 0.416 e. The Bertz CT molecular complexity index is 598. The number of nitrogens with two attached hydrogens (primary N) is 1. The van der Waals surface area contributed by atoms with E-state index in [-0.39, 0.29) is 17.4 Å². The van der Waals surface area contributed by atoms with Crippen LogP contribution >= 0.6 is 0 Å². The van der Waals surface area contributed by atoms with Crippen molar-refractivity contribution >= 4 is 9.84 Å². The van der Waals surface area contributed by atoms with E-state index in [2.05, 4.69) is 0 Å². The molecule has 0 saturated heterocycles. The zero-order valence-corrected chi connectivity index (χ0v) is 12.3. The number of alkyl halides is 3. The van der Waals surface area contributed by atoms with Gasteiger partial charge in [0, 0.05) is 0 Å². The second-order valence-electron chi connectivity index (χ2n) is 5.39. The molecule has 1 aliphatic carbocycles. The third-order valence-electron chi connectivity index (χ3n) is 4.03. The Balaban J connectivity index is 2.39. The van der Waals surface area contributed by atoms with Crippen LogP contribution in [-0.2, 0) is 16.0 Å². The first-order chi connectivity index (χ1) is 9.76. The summed E-state index contributed by atoms with van der Waals surface area (Å²) in [6.45, 7) is 0.239. The van der Waals surface area contributed by atoms with Crippen molar-refractivity contribution in [2.24, 2.45) is 11.7 Å². The van der Waals surface area contributed by atoms with Crippen molar-refractivity contribution < 1.29 is 21.6 Å². The molecule has 0 radical (unpaired) electrons. The van der Waals surface area contributed by atoms with Crippen molar-refractivity contribution in [3.05, 3.63) is 29.8 Å². The van der Waals surface area contributed by atoms with Crippen molar-refractivity contribution in [1.82, 2.24) is 0 Å². The van der Waals surface area contributed by atoms with Crippen LogP contribution in [0.2, 0.25) is 0 Å². The summed E-state index contributed by atoms with van der Waals surface area (Å²) in [5.41, 5.74) is 4.68. The molecule has 0 aliphatic heterocycles. The van der Waals surface area contributed by atoms with Crippen molar-refractivity contribution in [2.75, 3.05) is 6.54 Å². The summed E-state index contributed by atoms with van der Waals surface area (Å²) in [7, 11) is -3.79. The van der Waals surface area contributed by atoms with E-state index in [4.69, 9.17) is 5.73 Å². The summed E-state index contributed by atoms with van der Waals surface area (Å²) in [6.07, 6.45) is -1.71. The van der Waals surface area contributed by atoms with Gasteiger partial charge in [-0.05, 0) is 43.5 Å². The van der Waals surface area contributed by atoms with Gasteiger partial charge in [0.25, 0.3) is 0 Å². The normalized spacial score (nSPS) is 24.0. The Hall–Kier alpha value is -1.08. The molecule has 1 fully saturated rings. The first-order valence-corrected chi connectivity index (χ1v) is 8.42. The molecule has 118 valence electrons. The quantitative estimate of drug-likeness (QED) is 0.931. The molecule has 1 aliphatic rings. The van der Waals surface area contributed by atoms with Gasteiger partial charge in [-0.15, -0.1) is 0 Å². The molecule has 2 atom stereocenters. The topological polar surface area (TPSA) is 60.2 Å². The first kappa shape index (κ1) is 16.3. The predicted octanol–water partition coefficient (Wildman–Crippen LogP) is 3.00. The van der Waals surface area contributed by atoms with Crippen molar-refractivity contribution in [3.63, 3.8) is 0 Å². The van der Waals surface area contributed by atoms with Crippen LogP contribution in [0.25, 0.3) is 0 Å². The largest absolute Gasteiger partial charge is 0.416 e. The van der Waals surface area contributed by atoms with Crippen LogP contribution < -0.4 is 5.73 Å². The predicted molar refractivity (Wildman–Crippen MR) is 73.4 cm³/mol. The molecular formula is C14H18F3NO2S. The fourth-order valence-corrected chi connectivity index (χ4v) is 5.02. The SMILES string of the molecule is NCC1CCCCC1S(=O)(=O)c1cccc(C(F)(F)F)c1. The van der Waals surface area contributed by atoms with Crippen LogP contribution in [0.4, 0.5) is 13.2 Å². The minimum atomic E-state index is -4.55. The van der Waals surface area contributed by atoms with Crippen LogP contribution in [0.5, 0.6) is 0 Å². The smallest absolute Gasteiger partial charge is 0.330 e. The number of sulfone groups is 1. The van der Waals surface area contributed by atoms with Crippen molar-refractivity contribution in [3.8, 4) is 0 Å². The Kier molecular flexibility index (Phi) is 4.63. The van der Waals surface area contributed by atoms with E-state index in [1.54, 1.807) is 0 Å². The highest BCUT2D eigenvalue weighted by Gasteiger charge is 2.37. The van der Waals surface area contributed by atoms with Crippen LogP contribution in [0.15, 0.2) is 29.2 Å². The van der Waals surface area contributed by atoms with E-state index in [1.807, 2.05) is 0 Å². The van der Waals surface area contributed by atoms with Gasteiger partial charge in [0.05, 0.1) is 15.7 Å². The zero-order chi connectivity index (χ0) is 15.7. The second-order valence-corrected chi connectivity index (χ2v) is 7.56. The summed E-state index contributed by atoms with van der Waals surface area (Å²) in [4.78, 5) is -0.261. The number of rotatable bonds is 3. The van der Waals surface area contributed by atoms with Crippen LogP contribution in [-0.4, -0.2) is 20.2 Å². The summed E-state index contributed by atoms with van der Waals surface area (Å²) < 4.78 is 63.4. The van der Waals surface area contributed by atoms with Gasteiger partial charge in [-0.25, -0.2) is 8.42 Å². The monoisotopic (exact) mass is 321 g/mol. The fourth-order valence-electron chi connectivity index (χ4n) is 2.88. The lowest BCUT2D eigenvalue weighted by atomic mass is 9.89. The third-order valence-corrected chi connectivity index (χ3v) is 6.36. The lowest BCUT2D eigenvalue weighted by molar-refractivity contribution is -0.137. The van der Waals surface area contributed by atoms with E-state index in [1.165, 1.54) is 6.07 Å². The van der Waals surface area contributed by atoms with E-state index in [9.17, 15) is 21.6 Å². The average Bonchev–Trinajstić information content (AvgIpc) is 2.46. The molecule has 2 unspecified atom stereocenters. The number of hydrogen-bond acceptors (Lipinski definition) is 3. The fraction of sp³-hybridized carbons (Fsp3) is 0.571. The Morgan fingerprint density at radius 3 is 2.48 bits per heavy atom. The third kappa shape index (κ3) is 3.40. The molecule has 7 heteroatoms. The van der Waals surface area contributed by atoms with Crippen LogP contribution in [0, 0.1) is 5.92 Å². The van der Waals surface area contributed by atoms with Gasteiger partial charge >= 0.3 is 6.18 Å². The highest BCUT2D eigenvalue weighted by atomic mass is 32.2. The Morgan fingerprint density at radius 2 is 1.86 bits per heavy atom. The zero-order valence-electron chi connectivity index (χ0n) is 11.4. The second kappa shape index (κ2) is 5.96. The standard InChI is InChI=1S/C14H18F3NO2S/c15-14(16,17)11-5-3-6-12(8-11)21(19,20)13-7-2-1-4-10(13)9-18/h3,5-6,8,10,13H,1-2,4,7,9,18H2. The molecule has 3 nitrogen and oxygen atoms in total. The highest BCUT2D eigenvalue weighted by molar-refractivity contribution is 7.92. The summed E-state index contributed by atoms with van der Waals surface area (Å²) in [5.74, 6) is -0.182. The van der Waals surface area contributed by atoms with Gasteiger partial charge in [-0.2, -0.15) is 13.2 Å². The first-order valence-electron chi connectivity index (χ1n) is 6.88. The lowest BCUT2D eigenvalue weighted by Crippen LogP contribution is -2.37. The molecule has 0 aromatic heterocycles. The van der Waals surface area contributed by atoms with Gasteiger partial charge in [0.1, 0.15) is 0 Å². The van der Waals surface area contributed by atoms with Crippen molar-refractivity contribution in [1.29, 1.82) is 0 Å². The lowest BCUT2D eigenvalue weighted by Gasteiger charge is -2.30. The van der Waals surface area contributed by atoms with Crippen molar-refractivity contribution in [2.45, 2.75) is 42.0 Å². The van der Waals surface area contributed by atoms with Gasteiger partial charge in [0.15, 0.2) is 9.84 Å². The van der Waals surface area contributed by atoms with Gasteiger partial charge < -0.3 is 5.73 Å². The molecule has 0 heterocycles. The summed E-state index contributed by atoms with van der Waals surface area (Å²) in [5, 5.41) is -0.681. The number of benzene rings is 1. The molecule has 1 saturated carbocycles. The number of hydrogen-bond donors (Lipinski definition) is 1. The number of halogens is 3. The van der Waals surface area contributed by atoms with Crippen LogP contribution in [0.3, 0.4) is 0 Å². The molecule has 2 N–H and O–H groups in total. The summed E-state index contributed by atoms with van der Waals surface area (Å²) in [6, 6.07) is 3.96. The molecule has 1 aromatic carbocycles. The highest BCUT2D eigenvalue weighted by Crippen LogP contribution is 2.35. The van der Waals surface area contributed by atoms with Gasteiger partial charge in [-0.3, -0.25) is 0 Å². The molecular weight excluding hydrogens is 303 g/mol. The molecule has 21 heavy (non-hydrogen) atoms. The minimum absolute atomic E-state index is 0.182. The molecule has 0 amide bonds. The van der Waals surface area contributed by atoms with Gasteiger partial charge in [0.2, 0.25) is 0 Å². The molecule has 2 rings (SSSR count). The molecule has 0 spiro atoms. The summed E-state index contributed by atoms with van der Waals surface area (Å²) >= 11 is 0. The average molecular weight is 321 g/mol. The minimum Gasteiger partial charge on any atom is -0.330 e. The molecule has 0 bridgehead atoms. The van der Waals surface area contributed by atoms with Gasteiger partial charge in [-0.1, -0.05) is 18.9 Å². The van der Waals surface area contributed by atoms with Crippen LogP contribution in [0.1, 0.15) is 31.2 Å². The van der Waals surface area contributed by atoms with E-state index >= 15 is 0 Å². The Morgan fingerprint density at radius 1 is 1.19 bits per heavy atom. The maximum absolute atomic E-state index is 12.7. The van der Waals surface area contributed by atoms with E-state index in [0.717, 1.165) is 31.0 Å². The van der Waals surface area contributed by atoms with E-state index < -0.39 is 26.8 Å². The maximum atomic E-state index is 12.7. The van der Waals surface area contributed by atoms with E-state index in [0.29, 0.717) is 12.8 Å².